The van der Waals surface area contributed by atoms with Crippen LogP contribution in [-0.2, 0) is 4.79 Å². The molecule has 1 amide bonds. The minimum absolute atomic E-state index is 0.150. The number of carbonyl (C=O) groups excluding carboxylic acids is 1. The van der Waals surface area contributed by atoms with Crippen molar-refractivity contribution in [3.05, 3.63) is 12.2 Å². The number of hydrogen-bond donors (Lipinski definition) is 2. The average molecular weight is 238 g/mol. The number of amides is 1. The summed E-state index contributed by atoms with van der Waals surface area (Å²) >= 11 is 0. The molecule has 3 nitrogen and oxygen atoms in total. The average Bonchev–Trinajstić information content (AvgIpc) is 2.57. The van der Waals surface area contributed by atoms with Gasteiger partial charge in [-0.05, 0) is 32.7 Å². The molecule has 1 aliphatic carbocycles. The van der Waals surface area contributed by atoms with E-state index >= 15 is 0 Å². The van der Waals surface area contributed by atoms with E-state index in [9.17, 15) is 4.79 Å². The van der Waals surface area contributed by atoms with Crippen molar-refractivity contribution in [3.8, 4) is 0 Å². The second-order valence-corrected chi connectivity index (χ2v) is 4.79. The summed E-state index contributed by atoms with van der Waals surface area (Å²) in [6.45, 7) is 3.34. The van der Waals surface area contributed by atoms with E-state index in [1.165, 1.54) is 25.7 Å². The largest absolute Gasteiger partial charge is 0.352 e. The molecule has 0 atom stereocenters. The molecule has 1 rings (SSSR count). The summed E-state index contributed by atoms with van der Waals surface area (Å²) < 4.78 is 0. The molecule has 0 aromatic heterocycles. The third-order valence-corrected chi connectivity index (χ3v) is 3.23. The molecule has 0 radical (unpaired) electrons. The summed E-state index contributed by atoms with van der Waals surface area (Å²) in [5.41, 5.74) is 0. The van der Waals surface area contributed by atoms with Crippen LogP contribution >= 0.6 is 0 Å². The Morgan fingerprint density at radius 3 is 2.59 bits per heavy atom. The van der Waals surface area contributed by atoms with E-state index in [1.807, 2.05) is 13.0 Å². The lowest BCUT2D eigenvalue weighted by atomic mass is 10.1. The van der Waals surface area contributed by atoms with Crippen LogP contribution in [-0.4, -0.2) is 25.0 Å². The molecule has 0 aromatic rings. The van der Waals surface area contributed by atoms with Crippen molar-refractivity contribution in [3.63, 3.8) is 0 Å². The van der Waals surface area contributed by atoms with Crippen LogP contribution in [0.1, 0.15) is 51.9 Å². The lowest BCUT2D eigenvalue weighted by molar-refractivity contribution is -0.121. The minimum Gasteiger partial charge on any atom is -0.352 e. The number of rotatable bonds is 6. The molecule has 1 fully saturated rings. The van der Waals surface area contributed by atoms with Crippen LogP contribution in [0, 0.1) is 0 Å². The van der Waals surface area contributed by atoms with Gasteiger partial charge in [0, 0.05) is 6.04 Å². The molecule has 0 unspecified atom stereocenters. The zero-order chi connectivity index (χ0) is 12.3. The Kier molecular flexibility index (Phi) is 7.72. The van der Waals surface area contributed by atoms with Gasteiger partial charge in [-0.3, -0.25) is 4.79 Å². The molecule has 1 aliphatic rings. The second-order valence-electron chi connectivity index (χ2n) is 4.79. The van der Waals surface area contributed by atoms with Crippen LogP contribution in [0.5, 0.6) is 0 Å². The zero-order valence-electron chi connectivity index (χ0n) is 11.0. The van der Waals surface area contributed by atoms with E-state index in [0.29, 0.717) is 12.6 Å². The van der Waals surface area contributed by atoms with Gasteiger partial charge in [0.15, 0.2) is 0 Å². The van der Waals surface area contributed by atoms with Gasteiger partial charge in [-0.15, -0.1) is 0 Å². The summed E-state index contributed by atoms with van der Waals surface area (Å²) in [7, 11) is 0. The highest BCUT2D eigenvalue weighted by Gasteiger charge is 2.13. The topological polar surface area (TPSA) is 41.1 Å². The summed E-state index contributed by atoms with van der Waals surface area (Å²) in [6.07, 6.45) is 12.6. The Labute approximate surface area is 105 Å². The van der Waals surface area contributed by atoms with E-state index in [-0.39, 0.29) is 5.91 Å². The molecule has 2 N–H and O–H groups in total. The Balaban J connectivity index is 2.06. The van der Waals surface area contributed by atoms with Crippen molar-refractivity contribution in [2.45, 2.75) is 57.9 Å². The number of nitrogens with one attached hydrogen (secondary N) is 2. The molecule has 0 spiro atoms. The highest BCUT2D eigenvalue weighted by molar-refractivity contribution is 5.78. The van der Waals surface area contributed by atoms with Crippen LogP contribution < -0.4 is 10.6 Å². The van der Waals surface area contributed by atoms with E-state index < -0.39 is 0 Å². The quantitative estimate of drug-likeness (QED) is 0.424. The predicted octanol–water partition coefficient (Wildman–Crippen LogP) is 2.38. The van der Waals surface area contributed by atoms with Gasteiger partial charge in [-0.1, -0.05) is 37.8 Å². The summed E-state index contributed by atoms with van der Waals surface area (Å²) in [5, 5.41) is 6.29. The molecule has 0 bridgehead atoms. The predicted molar refractivity (Wildman–Crippen MR) is 71.9 cm³/mol. The highest BCUT2D eigenvalue weighted by atomic mass is 16.1. The smallest absolute Gasteiger partial charge is 0.234 e. The number of hydrogen-bond acceptors (Lipinski definition) is 2. The molecule has 0 saturated heterocycles. The van der Waals surface area contributed by atoms with Crippen LogP contribution in [0.4, 0.5) is 0 Å². The first-order valence-corrected chi connectivity index (χ1v) is 6.94. The maximum absolute atomic E-state index is 11.7. The summed E-state index contributed by atoms with van der Waals surface area (Å²) in [5.74, 6) is 0.150. The van der Waals surface area contributed by atoms with Gasteiger partial charge in [0.25, 0.3) is 0 Å². The second kappa shape index (κ2) is 9.23. The van der Waals surface area contributed by atoms with E-state index in [0.717, 1.165) is 25.8 Å². The van der Waals surface area contributed by atoms with Gasteiger partial charge in [-0.25, -0.2) is 0 Å². The van der Waals surface area contributed by atoms with Gasteiger partial charge >= 0.3 is 0 Å². The highest BCUT2D eigenvalue weighted by Crippen LogP contribution is 2.16. The van der Waals surface area contributed by atoms with Gasteiger partial charge in [0.1, 0.15) is 0 Å². The fraction of sp³-hybridized carbons (Fsp3) is 0.786. The van der Waals surface area contributed by atoms with Crippen LogP contribution in [0.2, 0.25) is 0 Å². The van der Waals surface area contributed by atoms with Gasteiger partial charge < -0.3 is 10.6 Å². The third-order valence-electron chi connectivity index (χ3n) is 3.23. The molecule has 17 heavy (non-hydrogen) atoms. The first-order valence-electron chi connectivity index (χ1n) is 6.94. The Morgan fingerprint density at radius 1 is 1.24 bits per heavy atom. The van der Waals surface area contributed by atoms with Crippen molar-refractivity contribution in [2.75, 3.05) is 13.1 Å². The van der Waals surface area contributed by atoms with Crippen LogP contribution in [0.15, 0.2) is 12.2 Å². The van der Waals surface area contributed by atoms with Crippen molar-refractivity contribution < 1.29 is 4.79 Å². The van der Waals surface area contributed by atoms with E-state index in [4.69, 9.17) is 0 Å². The third kappa shape index (κ3) is 7.16. The van der Waals surface area contributed by atoms with E-state index in [2.05, 4.69) is 16.7 Å². The molecule has 0 aromatic carbocycles. The maximum Gasteiger partial charge on any atom is 0.234 e. The van der Waals surface area contributed by atoms with Gasteiger partial charge in [0.2, 0.25) is 5.91 Å². The minimum atomic E-state index is 0.150. The maximum atomic E-state index is 11.7. The SMILES string of the molecule is C/C=C/CCNCC(=O)NC1CCCCCC1. The van der Waals surface area contributed by atoms with E-state index in [1.54, 1.807) is 0 Å². The van der Waals surface area contributed by atoms with Crippen molar-refractivity contribution in [2.24, 2.45) is 0 Å². The lowest BCUT2D eigenvalue weighted by Crippen LogP contribution is -2.40. The molecule has 98 valence electrons. The van der Waals surface area contributed by atoms with Gasteiger partial charge in [-0.2, -0.15) is 0 Å². The standard InChI is InChI=1S/C14H26N2O/c1-2-3-8-11-15-12-14(17)16-13-9-6-4-5-7-10-13/h2-3,13,15H,4-12H2,1H3,(H,16,17)/b3-2+. The van der Waals surface area contributed by atoms with Crippen LogP contribution in [0.3, 0.4) is 0 Å². The molecular weight excluding hydrogens is 212 g/mol. The van der Waals surface area contributed by atoms with Gasteiger partial charge in [0.05, 0.1) is 6.54 Å². The number of carbonyl (C=O) groups is 1. The van der Waals surface area contributed by atoms with Crippen LogP contribution in [0.25, 0.3) is 0 Å². The Morgan fingerprint density at radius 2 is 1.94 bits per heavy atom. The monoisotopic (exact) mass is 238 g/mol. The molecular formula is C14H26N2O. The van der Waals surface area contributed by atoms with Crippen molar-refractivity contribution in [1.82, 2.24) is 10.6 Å². The molecule has 0 aliphatic heterocycles. The molecule has 0 heterocycles. The first kappa shape index (κ1) is 14.2. The fourth-order valence-corrected chi connectivity index (χ4v) is 2.26. The summed E-state index contributed by atoms with van der Waals surface area (Å²) in [6, 6.07) is 0.419. The lowest BCUT2D eigenvalue weighted by Gasteiger charge is -2.16. The molecule has 3 heteroatoms. The summed E-state index contributed by atoms with van der Waals surface area (Å²) in [4.78, 5) is 11.7. The van der Waals surface area contributed by atoms with Crippen molar-refractivity contribution >= 4 is 5.91 Å². The number of allylic oxidation sites excluding steroid dienone is 1. The van der Waals surface area contributed by atoms with Crippen molar-refractivity contribution in [1.29, 1.82) is 0 Å². The fourth-order valence-electron chi connectivity index (χ4n) is 2.26. The zero-order valence-corrected chi connectivity index (χ0v) is 11.0. The first-order chi connectivity index (χ1) is 8.33. The molecule has 1 saturated carbocycles. The Hall–Kier alpha value is -0.830. The normalized spacial score (nSPS) is 18.2. The Bertz CT molecular complexity index is 230.